The van der Waals surface area contributed by atoms with Crippen LogP contribution >= 0.6 is 11.6 Å². The summed E-state index contributed by atoms with van der Waals surface area (Å²) in [7, 11) is -3.99. The highest BCUT2D eigenvalue weighted by molar-refractivity contribution is 7.92. The quantitative estimate of drug-likeness (QED) is 0.135. The van der Waals surface area contributed by atoms with E-state index in [0.717, 1.165) is 17.2 Å². The number of phenols is 1. The van der Waals surface area contributed by atoms with E-state index in [1.165, 1.54) is 18.2 Å². The van der Waals surface area contributed by atoms with Gasteiger partial charge in [-0.25, -0.2) is 8.42 Å². The predicted molar refractivity (Wildman–Crippen MR) is 142 cm³/mol. The Kier molecular flexibility index (Phi) is 8.90. The normalized spacial score (nSPS) is 12.6. The van der Waals surface area contributed by atoms with Gasteiger partial charge in [0, 0.05) is 12.5 Å². The van der Waals surface area contributed by atoms with Crippen LogP contribution in [0.25, 0.3) is 0 Å². The van der Waals surface area contributed by atoms with Crippen LogP contribution < -0.4 is 10.6 Å². The number of rotatable bonds is 9. The fourth-order valence-electron chi connectivity index (χ4n) is 3.62. The highest BCUT2D eigenvalue weighted by Crippen LogP contribution is 2.34. The van der Waals surface area contributed by atoms with Crippen LogP contribution in [0, 0.1) is 6.92 Å². The number of amides is 2. The number of halogens is 1. The van der Waals surface area contributed by atoms with Crippen molar-refractivity contribution in [1.82, 2.24) is 0 Å². The summed E-state index contributed by atoms with van der Waals surface area (Å²) >= 11 is 6.27. The first-order valence-corrected chi connectivity index (χ1v) is 13.2. The number of carbonyl (C=O) groups excluding carboxylic acids is 2. The number of hydrogen-bond acceptors (Lipinski definition) is 7. The molecule has 0 aliphatic carbocycles. The Morgan fingerprint density at radius 2 is 1.70 bits per heavy atom. The Labute approximate surface area is 219 Å². The third kappa shape index (κ3) is 6.66. The SMILES string of the molecule is CCC(C(=O)Nc1cc(O)c(NC(=O)/C(Cc2ccccc2)=N/O)cc1Cl)S(=O)(=O)c1cccc(C)c1. The van der Waals surface area contributed by atoms with Crippen LogP contribution in [-0.2, 0) is 25.8 Å². The lowest BCUT2D eigenvalue weighted by atomic mass is 10.1. The summed E-state index contributed by atoms with van der Waals surface area (Å²) in [6.45, 7) is 3.32. The van der Waals surface area contributed by atoms with E-state index in [-0.39, 0.29) is 39.8 Å². The topological polar surface area (TPSA) is 145 Å². The van der Waals surface area contributed by atoms with Gasteiger partial charge in [0.1, 0.15) is 16.7 Å². The number of benzene rings is 3. The Morgan fingerprint density at radius 1 is 1.00 bits per heavy atom. The molecule has 0 fully saturated rings. The number of carbonyl (C=O) groups is 2. The maximum atomic E-state index is 13.1. The van der Waals surface area contributed by atoms with Crippen LogP contribution in [0.15, 0.2) is 76.8 Å². The molecule has 0 bridgehead atoms. The zero-order valence-electron chi connectivity index (χ0n) is 20.1. The molecule has 37 heavy (non-hydrogen) atoms. The van der Waals surface area contributed by atoms with Crippen LogP contribution in [-0.4, -0.2) is 41.5 Å². The molecule has 0 aliphatic rings. The van der Waals surface area contributed by atoms with E-state index in [0.29, 0.717) is 0 Å². The van der Waals surface area contributed by atoms with E-state index in [1.54, 1.807) is 56.3 Å². The fraction of sp³-hybridized carbons (Fsp3) is 0.192. The molecular weight excluding hydrogens is 518 g/mol. The maximum Gasteiger partial charge on any atom is 0.273 e. The lowest BCUT2D eigenvalue weighted by Gasteiger charge is -2.18. The summed E-state index contributed by atoms with van der Waals surface area (Å²) in [6.07, 6.45) is 0.0458. The molecule has 4 N–H and O–H groups in total. The lowest BCUT2D eigenvalue weighted by Crippen LogP contribution is -2.34. The molecule has 194 valence electrons. The second-order valence-corrected chi connectivity index (χ2v) is 10.8. The fourth-order valence-corrected chi connectivity index (χ4v) is 5.56. The molecule has 3 aromatic rings. The Balaban J connectivity index is 1.77. The number of aromatic hydroxyl groups is 1. The van der Waals surface area contributed by atoms with Crippen LogP contribution in [0.5, 0.6) is 5.75 Å². The van der Waals surface area contributed by atoms with Gasteiger partial charge in [0.2, 0.25) is 5.91 Å². The van der Waals surface area contributed by atoms with Crippen molar-refractivity contribution in [3.8, 4) is 5.75 Å². The van der Waals surface area contributed by atoms with E-state index in [9.17, 15) is 28.3 Å². The average Bonchev–Trinajstić information content (AvgIpc) is 2.86. The second kappa shape index (κ2) is 11.9. The van der Waals surface area contributed by atoms with Crippen LogP contribution in [0.2, 0.25) is 5.02 Å². The molecule has 1 atom stereocenters. The smallest absolute Gasteiger partial charge is 0.273 e. The van der Waals surface area contributed by atoms with Crippen LogP contribution in [0.1, 0.15) is 24.5 Å². The van der Waals surface area contributed by atoms with Gasteiger partial charge < -0.3 is 20.9 Å². The highest BCUT2D eigenvalue weighted by atomic mass is 35.5. The van der Waals surface area contributed by atoms with Crippen molar-refractivity contribution in [2.75, 3.05) is 10.6 Å². The summed E-state index contributed by atoms with van der Waals surface area (Å²) in [4.78, 5) is 25.5. The van der Waals surface area contributed by atoms with Gasteiger partial charge in [-0.2, -0.15) is 0 Å². The van der Waals surface area contributed by atoms with Gasteiger partial charge in [0.15, 0.2) is 9.84 Å². The summed E-state index contributed by atoms with van der Waals surface area (Å²) in [6, 6.07) is 17.4. The predicted octanol–water partition coefficient (Wildman–Crippen LogP) is 4.56. The zero-order valence-corrected chi connectivity index (χ0v) is 21.7. The van der Waals surface area contributed by atoms with E-state index in [2.05, 4.69) is 15.8 Å². The number of nitrogens with zero attached hydrogens (tertiary/aromatic N) is 1. The molecule has 3 rings (SSSR count). The number of aryl methyl sites for hydroxylation is 1. The van der Waals surface area contributed by atoms with E-state index < -0.39 is 32.7 Å². The van der Waals surface area contributed by atoms with E-state index in [4.69, 9.17) is 11.6 Å². The molecule has 0 saturated heterocycles. The van der Waals surface area contributed by atoms with Gasteiger partial charge in [-0.05, 0) is 42.7 Å². The number of phenolic OH excluding ortho intramolecular Hbond substituents is 1. The number of anilines is 2. The standard InChI is InChI=1S/C26H26ClN3O6S/c1-3-24(37(35,36)18-11-7-8-16(2)12-18)26(33)28-20-15-23(31)21(14-19(20)27)29-25(32)22(30-34)13-17-9-5-4-6-10-17/h4-12,14-15,24,31,34H,3,13H2,1-2H3,(H,28,33)(H,29,32)/b30-22+. The average molecular weight is 544 g/mol. The molecule has 2 amide bonds. The van der Waals surface area contributed by atoms with E-state index >= 15 is 0 Å². The molecule has 0 aromatic heterocycles. The van der Waals surface area contributed by atoms with Crippen molar-refractivity contribution in [2.24, 2.45) is 5.16 Å². The van der Waals surface area contributed by atoms with Crippen molar-refractivity contribution < 1.29 is 28.3 Å². The van der Waals surface area contributed by atoms with Gasteiger partial charge in [-0.15, -0.1) is 0 Å². The minimum atomic E-state index is -3.99. The zero-order chi connectivity index (χ0) is 27.2. The molecule has 0 saturated carbocycles. The first kappa shape index (κ1) is 27.7. The first-order valence-electron chi connectivity index (χ1n) is 11.3. The molecule has 0 radical (unpaired) electrons. The molecule has 0 spiro atoms. The third-order valence-electron chi connectivity index (χ3n) is 5.54. The first-order chi connectivity index (χ1) is 17.6. The number of hydrogen-bond donors (Lipinski definition) is 4. The Bertz CT molecular complexity index is 1440. The minimum Gasteiger partial charge on any atom is -0.506 e. The Morgan fingerprint density at radius 3 is 2.32 bits per heavy atom. The molecule has 0 aliphatic heterocycles. The molecule has 11 heteroatoms. The van der Waals surface area contributed by atoms with Crippen molar-refractivity contribution in [3.05, 3.63) is 82.9 Å². The minimum absolute atomic E-state index is 0.00450. The highest BCUT2D eigenvalue weighted by Gasteiger charge is 2.33. The van der Waals surface area contributed by atoms with Gasteiger partial charge in [0.25, 0.3) is 5.91 Å². The molecule has 1 unspecified atom stereocenters. The van der Waals surface area contributed by atoms with Gasteiger partial charge in [-0.1, -0.05) is 66.1 Å². The van der Waals surface area contributed by atoms with Crippen molar-refractivity contribution in [3.63, 3.8) is 0 Å². The summed E-state index contributed by atoms with van der Waals surface area (Å²) in [5.74, 6) is -2.04. The summed E-state index contributed by atoms with van der Waals surface area (Å²) < 4.78 is 26.2. The van der Waals surface area contributed by atoms with Crippen molar-refractivity contribution in [1.29, 1.82) is 0 Å². The third-order valence-corrected chi connectivity index (χ3v) is 8.06. The maximum absolute atomic E-state index is 13.1. The molecule has 0 heterocycles. The summed E-state index contributed by atoms with van der Waals surface area (Å²) in [5, 5.41) is 26.2. The molecule has 9 nitrogen and oxygen atoms in total. The largest absolute Gasteiger partial charge is 0.506 e. The summed E-state index contributed by atoms with van der Waals surface area (Å²) in [5.41, 5.74) is 1.13. The Hall–Kier alpha value is -3.89. The molecule has 3 aromatic carbocycles. The second-order valence-electron chi connectivity index (χ2n) is 8.26. The van der Waals surface area contributed by atoms with Gasteiger partial charge in [-0.3, -0.25) is 9.59 Å². The van der Waals surface area contributed by atoms with Gasteiger partial charge >= 0.3 is 0 Å². The number of sulfone groups is 1. The van der Waals surface area contributed by atoms with Crippen LogP contribution in [0.4, 0.5) is 11.4 Å². The van der Waals surface area contributed by atoms with E-state index in [1.807, 2.05) is 0 Å². The number of nitrogens with one attached hydrogen (secondary N) is 2. The molecular formula is C26H26ClN3O6S. The van der Waals surface area contributed by atoms with Crippen LogP contribution in [0.3, 0.4) is 0 Å². The van der Waals surface area contributed by atoms with Crippen molar-refractivity contribution in [2.45, 2.75) is 36.8 Å². The number of oxime groups is 1. The van der Waals surface area contributed by atoms with Gasteiger partial charge in [0.05, 0.1) is 21.3 Å². The lowest BCUT2D eigenvalue weighted by molar-refractivity contribution is -0.116. The van der Waals surface area contributed by atoms with Crippen molar-refractivity contribution >= 4 is 50.3 Å². The monoisotopic (exact) mass is 543 g/mol.